The zero-order valence-corrected chi connectivity index (χ0v) is 13.5. The van der Waals surface area contributed by atoms with Crippen LogP contribution in [-0.2, 0) is 9.53 Å². The van der Waals surface area contributed by atoms with Gasteiger partial charge in [-0.2, -0.15) is 0 Å². The molecule has 3 rings (SSSR count). The van der Waals surface area contributed by atoms with E-state index in [9.17, 15) is 4.79 Å². The van der Waals surface area contributed by atoms with E-state index in [4.69, 9.17) is 4.74 Å². The average molecular weight is 302 g/mol. The third kappa shape index (κ3) is 3.50. The molecule has 2 aliphatic rings. The van der Waals surface area contributed by atoms with E-state index >= 15 is 0 Å². The normalized spacial score (nSPS) is 27.0. The zero-order valence-electron chi connectivity index (χ0n) is 13.5. The molecule has 0 aromatic heterocycles. The standard InChI is InChI=1S/C18H26N2O2/c1-13-3-5-15(6-4-13)17-11-20(12-18(17)19-14(2)21)16-7-9-22-10-8-16/h3-6,16-18H,7-12H2,1-2H3,(H,19,21)/t17-,18+/m0/s1. The predicted octanol–water partition coefficient (Wildman–Crippen LogP) is 2.08. The predicted molar refractivity (Wildman–Crippen MR) is 86.9 cm³/mol. The number of amides is 1. The molecule has 4 heteroatoms. The zero-order chi connectivity index (χ0) is 15.5. The number of likely N-dealkylation sites (tertiary alicyclic amines) is 1. The summed E-state index contributed by atoms with van der Waals surface area (Å²) in [7, 11) is 0. The van der Waals surface area contributed by atoms with Crippen molar-refractivity contribution in [2.24, 2.45) is 0 Å². The van der Waals surface area contributed by atoms with Crippen LogP contribution in [0.3, 0.4) is 0 Å². The van der Waals surface area contributed by atoms with Crippen LogP contribution in [0.5, 0.6) is 0 Å². The number of hydrogen-bond acceptors (Lipinski definition) is 3. The monoisotopic (exact) mass is 302 g/mol. The number of carbonyl (C=O) groups excluding carboxylic acids is 1. The van der Waals surface area contributed by atoms with Gasteiger partial charge in [0.2, 0.25) is 5.91 Å². The number of ether oxygens (including phenoxy) is 1. The lowest BCUT2D eigenvalue weighted by molar-refractivity contribution is -0.119. The van der Waals surface area contributed by atoms with Crippen molar-refractivity contribution in [3.8, 4) is 0 Å². The number of carbonyl (C=O) groups is 1. The van der Waals surface area contributed by atoms with Crippen LogP contribution in [0.4, 0.5) is 0 Å². The smallest absolute Gasteiger partial charge is 0.217 e. The van der Waals surface area contributed by atoms with Gasteiger partial charge in [0.25, 0.3) is 0 Å². The van der Waals surface area contributed by atoms with E-state index in [0.29, 0.717) is 12.0 Å². The first-order valence-electron chi connectivity index (χ1n) is 8.29. The summed E-state index contributed by atoms with van der Waals surface area (Å²) >= 11 is 0. The number of rotatable bonds is 3. The van der Waals surface area contributed by atoms with Crippen molar-refractivity contribution in [3.05, 3.63) is 35.4 Å². The maximum absolute atomic E-state index is 11.6. The molecule has 1 amide bonds. The van der Waals surface area contributed by atoms with E-state index < -0.39 is 0 Å². The largest absolute Gasteiger partial charge is 0.381 e. The highest BCUT2D eigenvalue weighted by molar-refractivity contribution is 5.73. The highest BCUT2D eigenvalue weighted by Crippen LogP contribution is 2.31. The van der Waals surface area contributed by atoms with Gasteiger partial charge in [0.15, 0.2) is 0 Å². The lowest BCUT2D eigenvalue weighted by Gasteiger charge is -2.31. The van der Waals surface area contributed by atoms with Crippen LogP contribution in [-0.4, -0.2) is 49.2 Å². The Hall–Kier alpha value is -1.39. The minimum atomic E-state index is 0.0657. The van der Waals surface area contributed by atoms with Crippen LogP contribution < -0.4 is 5.32 Å². The van der Waals surface area contributed by atoms with Crippen LogP contribution in [0.15, 0.2) is 24.3 Å². The summed E-state index contributed by atoms with van der Waals surface area (Å²) < 4.78 is 5.48. The SMILES string of the molecule is CC(=O)N[C@@H]1CN(C2CCOCC2)C[C@H]1c1ccc(C)cc1. The van der Waals surface area contributed by atoms with Crippen LogP contribution in [0, 0.1) is 6.92 Å². The molecular formula is C18H26N2O2. The summed E-state index contributed by atoms with van der Waals surface area (Å²) in [6, 6.07) is 9.56. The van der Waals surface area contributed by atoms with Crippen molar-refractivity contribution in [1.82, 2.24) is 10.2 Å². The molecule has 0 saturated carbocycles. The van der Waals surface area contributed by atoms with Gasteiger partial charge in [0.1, 0.15) is 0 Å². The highest BCUT2D eigenvalue weighted by atomic mass is 16.5. The minimum absolute atomic E-state index is 0.0657. The molecule has 2 heterocycles. The first-order valence-corrected chi connectivity index (χ1v) is 8.29. The maximum Gasteiger partial charge on any atom is 0.217 e. The second-order valence-corrected chi connectivity index (χ2v) is 6.62. The Balaban J connectivity index is 1.76. The molecule has 2 atom stereocenters. The van der Waals surface area contributed by atoms with Gasteiger partial charge in [-0.15, -0.1) is 0 Å². The molecule has 1 aromatic rings. The third-order valence-electron chi connectivity index (χ3n) is 4.95. The van der Waals surface area contributed by atoms with Gasteiger partial charge in [-0.3, -0.25) is 9.69 Å². The fourth-order valence-corrected chi connectivity index (χ4v) is 3.74. The van der Waals surface area contributed by atoms with E-state index in [-0.39, 0.29) is 11.9 Å². The van der Waals surface area contributed by atoms with Crippen molar-refractivity contribution in [2.75, 3.05) is 26.3 Å². The van der Waals surface area contributed by atoms with Crippen LogP contribution in [0.1, 0.15) is 36.8 Å². The average Bonchev–Trinajstić information content (AvgIpc) is 2.92. The van der Waals surface area contributed by atoms with E-state index in [1.807, 2.05) is 0 Å². The van der Waals surface area contributed by atoms with Gasteiger partial charge < -0.3 is 10.1 Å². The summed E-state index contributed by atoms with van der Waals surface area (Å²) in [6.07, 6.45) is 2.21. The lowest BCUT2D eigenvalue weighted by Crippen LogP contribution is -2.41. The fourth-order valence-electron chi connectivity index (χ4n) is 3.74. The van der Waals surface area contributed by atoms with Crippen molar-refractivity contribution in [2.45, 2.75) is 44.7 Å². The fraction of sp³-hybridized carbons (Fsp3) is 0.611. The van der Waals surface area contributed by atoms with Gasteiger partial charge in [0, 0.05) is 51.2 Å². The third-order valence-corrected chi connectivity index (χ3v) is 4.95. The van der Waals surface area contributed by atoms with E-state index in [0.717, 1.165) is 39.1 Å². The summed E-state index contributed by atoms with van der Waals surface area (Å²) in [5, 5.41) is 3.16. The number of aryl methyl sites for hydroxylation is 1. The highest BCUT2D eigenvalue weighted by Gasteiger charge is 2.37. The van der Waals surface area contributed by atoms with Crippen LogP contribution in [0.25, 0.3) is 0 Å². The molecule has 0 radical (unpaired) electrons. The first-order chi connectivity index (χ1) is 10.6. The van der Waals surface area contributed by atoms with E-state index in [1.54, 1.807) is 6.92 Å². The Morgan fingerprint density at radius 1 is 1.18 bits per heavy atom. The number of hydrogen-bond donors (Lipinski definition) is 1. The first kappa shape index (κ1) is 15.5. The quantitative estimate of drug-likeness (QED) is 0.929. The van der Waals surface area contributed by atoms with Gasteiger partial charge in [0.05, 0.1) is 0 Å². The van der Waals surface area contributed by atoms with Gasteiger partial charge in [-0.05, 0) is 25.3 Å². The van der Waals surface area contributed by atoms with Crippen LogP contribution >= 0.6 is 0 Å². The Morgan fingerprint density at radius 2 is 1.86 bits per heavy atom. The van der Waals surface area contributed by atoms with Gasteiger partial charge in [-0.1, -0.05) is 29.8 Å². The van der Waals surface area contributed by atoms with Crippen molar-refractivity contribution < 1.29 is 9.53 Å². The molecule has 1 aromatic carbocycles. The molecular weight excluding hydrogens is 276 g/mol. The Labute approximate surface area is 132 Å². The van der Waals surface area contributed by atoms with Gasteiger partial charge >= 0.3 is 0 Å². The molecule has 0 aliphatic carbocycles. The molecule has 2 fully saturated rings. The Morgan fingerprint density at radius 3 is 2.50 bits per heavy atom. The van der Waals surface area contributed by atoms with Gasteiger partial charge in [-0.25, -0.2) is 0 Å². The topological polar surface area (TPSA) is 41.6 Å². The summed E-state index contributed by atoms with van der Waals surface area (Å²) in [5.41, 5.74) is 2.61. The minimum Gasteiger partial charge on any atom is -0.381 e. The molecule has 0 bridgehead atoms. The summed E-state index contributed by atoms with van der Waals surface area (Å²) in [5.74, 6) is 0.447. The lowest BCUT2D eigenvalue weighted by atomic mass is 9.93. The molecule has 2 saturated heterocycles. The second kappa shape index (κ2) is 6.80. The maximum atomic E-state index is 11.6. The number of nitrogens with one attached hydrogen (secondary N) is 1. The molecule has 0 unspecified atom stereocenters. The molecule has 2 aliphatic heterocycles. The van der Waals surface area contributed by atoms with E-state index in [2.05, 4.69) is 41.4 Å². The van der Waals surface area contributed by atoms with Crippen molar-refractivity contribution in [3.63, 3.8) is 0 Å². The molecule has 1 N–H and O–H groups in total. The number of benzene rings is 1. The second-order valence-electron chi connectivity index (χ2n) is 6.62. The summed E-state index contributed by atoms with van der Waals surface area (Å²) in [6.45, 7) is 7.42. The van der Waals surface area contributed by atoms with E-state index in [1.165, 1.54) is 11.1 Å². The molecule has 22 heavy (non-hydrogen) atoms. The molecule has 0 spiro atoms. The van der Waals surface area contributed by atoms with Crippen molar-refractivity contribution >= 4 is 5.91 Å². The van der Waals surface area contributed by atoms with Crippen LogP contribution in [0.2, 0.25) is 0 Å². The van der Waals surface area contributed by atoms with Crippen molar-refractivity contribution in [1.29, 1.82) is 0 Å². The molecule has 120 valence electrons. The Kier molecular flexibility index (Phi) is 4.79. The molecule has 4 nitrogen and oxygen atoms in total. The summed E-state index contributed by atoms with van der Waals surface area (Å²) in [4.78, 5) is 14.1. The Bertz CT molecular complexity index is 508. The number of nitrogens with zero attached hydrogens (tertiary/aromatic N) is 1.